The summed E-state index contributed by atoms with van der Waals surface area (Å²) in [6.45, 7) is 2.69. The predicted octanol–water partition coefficient (Wildman–Crippen LogP) is -3.60. The molecule has 1 aromatic carbocycles. The summed E-state index contributed by atoms with van der Waals surface area (Å²) in [5.41, 5.74) is 10.1. The molecule has 4 unspecified atom stereocenters. The Morgan fingerprint density at radius 2 is 1.58 bits per heavy atom. The highest BCUT2D eigenvalue weighted by atomic mass is 32.2. The van der Waals surface area contributed by atoms with Crippen LogP contribution in [-0.2, 0) is 49.6 Å². The van der Waals surface area contributed by atoms with E-state index < -0.39 is 145 Å². The summed E-state index contributed by atoms with van der Waals surface area (Å²) in [6, 6.07) is -4.41. The molecule has 15 N–H and O–H groups in total. The third-order valence-corrected chi connectivity index (χ3v) is 14.8. The molecule has 8 bridgehead atoms. The standard InChI is InChI=1S/C46H67N11O13S/c1-4-22(2)37-43(68)50-17-35(62)51-31-21-71-45-27-15-30(40(65)49-18-36(63)55-37)53-44(69)38(23(3)33(60)20-58)56-42(67)32-13-24(59)19-57(32)46(11-7-5-6-8-12-47,39(64)29(16-34(48)61)52-41(31)66)70-25-9-10-26(27)28(14-25)54-45/h9-10,14,22-24,29-33,37-38,54,58-60H,4-8,11-13,15-21,47H2,1-3H3,(H2,48,61)(H,49,65)(H,50,68)(H,51,62)(H,52,66)(H,53,69)(H,55,63)(H,56,67)/t22-,23-,24?,29-,30?,31?,32-,33-,37-,38-,46?/m0/s1. The molecule has 0 radical (unpaired) electrons. The van der Waals surface area contributed by atoms with Crippen LogP contribution < -0.4 is 53.4 Å². The first kappa shape index (κ1) is 54.5. The van der Waals surface area contributed by atoms with E-state index in [-0.39, 0.29) is 43.7 Å². The zero-order valence-electron chi connectivity index (χ0n) is 40.0. The zero-order chi connectivity index (χ0) is 51.7. The minimum Gasteiger partial charge on any atom is -0.465 e. The molecular formula is C46H67N11O13S. The first-order valence-corrected chi connectivity index (χ1v) is 25.1. The Balaban J connectivity index is 1.64. The first-order chi connectivity index (χ1) is 33.8. The molecule has 1 fully saturated rings. The number of amides is 8. The number of Topliss-reactive ketones (excluding diaryl/α,β-unsaturated/α-hetero) is 1. The molecule has 7 rings (SSSR count). The summed E-state index contributed by atoms with van der Waals surface area (Å²) < 4.78 is 6.90. The number of unbranched alkanes of at least 4 members (excludes halogenated alkanes) is 3. The van der Waals surface area contributed by atoms with Gasteiger partial charge in [0.15, 0.2) is 0 Å². The number of benzene rings is 1. The van der Waals surface area contributed by atoms with Crippen LogP contribution in [0, 0.1) is 11.8 Å². The van der Waals surface area contributed by atoms with Gasteiger partial charge in [0, 0.05) is 42.5 Å². The van der Waals surface area contributed by atoms with Crippen LogP contribution in [0.2, 0.25) is 0 Å². The fraction of sp³-hybridized carbons (Fsp3) is 0.630. The monoisotopic (exact) mass is 1010 g/mol. The van der Waals surface area contributed by atoms with Gasteiger partial charge in [0.25, 0.3) is 0 Å². The van der Waals surface area contributed by atoms with E-state index in [0.29, 0.717) is 53.7 Å². The first-order valence-electron chi connectivity index (χ1n) is 24.1. The van der Waals surface area contributed by atoms with Gasteiger partial charge in [-0.25, -0.2) is 4.90 Å². The number of hydrogen-bond donors (Lipinski definition) is 13. The highest BCUT2D eigenvalue weighted by Crippen LogP contribution is 2.40. The lowest BCUT2D eigenvalue weighted by Gasteiger charge is -2.45. The number of aliphatic hydroxyl groups excluding tert-OH is 3. The number of aromatic amines is 1. The largest absolute Gasteiger partial charge is 0.465 e. The number of carbonyl (C=O) groups is 9. The molecular weight excluding hydrogens is 947 g/mol. The average Bonchev–Trinajstić information content (AvgIpc) is 3.90. The van der Waals surface area contributed by atoms with Crippen LogP contribution in [0.5, 0.6) is 5.75 Å². The van der Waals surface area contributed by atoms with Gasteiger partial charge in [0.2, 0.25) is 58.8 Å². The molecule has 0 saturated carbocycles. The molecule has 0 spiro atoms. The van der Waals surface area contributed by atoms with Crippen molar-refractivity contribution in [2.24, 2.45) is 23.3 Å². The number of thioether (sulfide) groups is 1. The summed E-state index contributed by atoms with van der Waals surface area (Å²) >= 11 is 1.02. The highest BCUT2D eigenvalue weighted by Gasteiger charge is 2.57. The van der Waals surface area contributed by atoms with E-state index in [9.17, 15) is 53.7 Å². The maximum Gasteiger partial charge on any atom is 0.244 e. The van der Waals surface area contributed by atoms with Gasteiger partial charge in [-0.3, -0.25) is 43.2 Å². The lowest BCUT2D eigenvalue weighted by Crippen LogP contribution is -2.68. The quantitative estimate of drug-likeness (QED) is 0.0863. The van der Waals surface area contributed by atoms with Crippen molar-refractivity contribution in [3.8, 4) is 5.75 Å². The van der Waals surface area contributed by atoms with Crippen LogP contribution in [0.3, 0.4) is 0 Å². The zero-order valence-corrected chi connectivity index (χ0v) is 40.9. The fourth-order valence-corrected chi connectivity index (χ4v) is 10.6. The van der Waals surface area contributed by atoms with Gasteiger partial charge >= 0.3 is 0 Å². The topological polar surface area (TPSA) is 379 Å². The van der Waals surface area contributed by atoms with Crippen molar-refractivity contribution in [2.75, 3.05) is 38.5 Å². The number of carbonyl (C=O) groups excluding carboxylic acids is 9. The highest BCUT2D eigenvalue weighted by molar-refractivity contribution is 7.99. The molecule has 8 amide bonds. The van der Waals surface area contributed by atoms with E-state index in [1.165, 1.54) is 11.8 Å². The third-order valence-electron chi connectivity index (χ3n) is 13.7. The second-order valence-electron chi connectivity index (χ2n) is 18.8. The van der Waals surface area contributed by atoms with E-state index >= 15 is 4.79 Å². The Morgan fingerprint density at radius 3 is 2.27 bits per heavy atom. The fourth-order valence-electron chi connectivity index (χ4n) is 9.48. The molecule has 5 aliphatic heterocycles. The number of fused-ring (bicyclic) bond motifs is 7. The molecule has 390 valence electrons. The Labute approximate surface area is 414 Å². The van der Waals surface area contributed by atoms with Gasteiger partial charge in [-0.15, -0.1) is 11.8 Å². The molecule has 71 heavy (non-hydrogen) atoms. The third kappa shape index (κ3) is 12.8. The number of primary amides is 1. The van der Waals surface area contributed by atoms with Crippen LogP contribution in [0.4, 0.5) is 0 Å². The number of rotatable bonds is 13. The van der Waals surface area contributed by atoms with Crippen molar-refractivity contribution in [1.29, 1.82) is 0 Å². The Hall–Kier alpha value is -5.86. The van der Waals surface area contributed by atoms with Gasteiger partial charge in [-0.1, -0.05) is 40.0 Å². The molecule has 2 aromatic rings. The van der Waals surface area contributed by atoms with Gasteiger partial charge in [-0.2, -0.15) is 0 Å². The van der Waals surface area contributed by atoms with Crippen molar-refractivity contribution in [3.05, 3.63) is 23.8 Å². The maximum atomic E-state index is 15.8. The molecule has 11 atom stereocenters. The number of H-pyrrole nitrogens is 1. The van der Waals surface area contributed by atoms with Crippen LogP contribution in [0.1, 0.15) is 77.7 Å². The number of ether oxygens (including phenoxy) is 1. The summed E-state index contributed by atoms with van der Waals surface area (Å²) in [7, 11) is 0. The van der Waals surface area contributed by atoms with Gasteiger partial charge in [-0.05, 0) is 49.4 Å². The van der Waals surface area contributed by atoms with E-state index in [2.05, 4.69) is 42.2 Å². The van der Waals surface area contributed by atoms with Crippen molar-refractivity contribution >= 4 is 75.7 Å². The number of nitrogens with two attached hydrogens (primary N) is 2. The molecule has 6 heterocycles. The minimum atomic E-state index is -2.29. The van der Waals surface area contributed by atoms with Gasteiger partial charge < -0.3 is 73.7 Å². The summed E-state index contributed by atoms with van der Waals surface area (Å²) in [5, 5.41) is 51.6. The molecule has 25 heteroatoms. The molecule has 5 aliphatic rings. The smallest absolute Gasteiger partial charge is 0.244 e. The van der Waals surface area contributed by atoms with Crippen molar-refractivity contribution in [1.82, 2.24) is 47.1 Å². The second kappa shape index (κ2) is 24.0. The van der Waals surface area contributed by atoms with Crippen LogP contribution in [0.25, 0.3) is 10.9 Å². The summed E-state index contributed by atoms with van der Waals surface area (Å²) in [6.07, 6.45) is -2.10. The van der Waals surface area contributed by atoms with Crippen LogP contribution in [0.15, 0.2) is 23.2 Å². The van der Waals surface area contributed by atoms with E-state index in [1.807, 2.05) is 0 Å². The van der Waals surface area contributed by atoms with Crippen LogP contribution >= 0.6 is 11.8 Å². The Kier molecular flexibility index (Phi) is 18.4. The second-order valence-corrected chi connectivity index (χ2v) is 19.8. The van der Waals surface area contributed by atoms with Gasteiger partial charge in [0.1, 0.15) is 36.0 Å². The lowest BCUT2D eigenvalue weighted by molar-refractivity contribution is -0.166. The predicted molar refractivity (Wildman–Crippen MR) is 256 cm³/mol. The summed E-state index contributed by atoms with van der Waals surface area (Å²) in [4.78, 5) is 133. The number of nitrogens with zero attached hydrogens (tertiary/aromatic N) is 1. The lowest BCUT2D eigenvalue weighted by atomic mass is 9.89. The number of ketones is 1. The minimum absolute atomic E-state index is 0.0746. The number of aromatic nitrogens is 1. The van der Waals surface area contributed by atoms with E-state index in [1.54, 1.807) is 32.0 Å². The normalized spacial score (nSPS) is 28.7. The Morgan fingerprint density at radius 1 is 0.873 bits per heavy atom. The van der Waals surface area contributed by atoms with Crippen molar-refractivity contribution in [3.63, 3.8) is 0 Å². The van der Waals surface area contributed by atoms with Crippen LogP contribution in [-0.4, -0.2) is 171 Å². The van der Waals surface area contributed by atoms with Gasteiger partial charge in [0.05, 0.1) is 54.9 Å². The maximum absolute atomic E-state index is 15.8. The summed E-state index contributed by atoms with van der Waals surface area (Å²) in [5.74, 6) is -10.00. The molecule has 24 nitrogen and oxygen atoms in total. The van der Waals surface area contributed by atoms with Crippen molar-refractivity contribution < 1.29 is 63.2 Å². The molecule has 0 aliphatic carbocycles. The number of hydrogen-bond acceptors (Lipinski definition) is 16. The van der Waals surface area contributed by atoms with Crippen molar-refractivity contribution in [2.45, 2.75) is 138 Å². The SMILES string of the molecule is CC[C@H](C)[C@@H]1NC(=O)CNC(=O)C2Cc3c4[nH]c5cc(ccc35)OC(CCCCCCN)(C(=O)[C@H](CC(N)=O)NC(=O)C(CS4)NC(=O)CNC1=O)N1CC(O)C[C@H]1C(=O)N[C@@H]([C@@H](C)[C@@H](O)CO)C(=O)N2. The van der Waals surface area contributed by atoms with E-state index in [0.717, 1.165) is 11.8 Å². The number of aliphatic hydroxyl groups is 3. The molecule has 1 saturated heterocycles. The average molecular weight is 1010 g/mol. The van der Waals surface area contributed by atoms with E-state index in [4.69, 9.17) is 16.2 Å². The molecule has 1 aromatic heterocycles. The number of nitrogens with one attached hydrogen (secondary N) is 8. The Bertz CT molecular complexity index is 2350.